The van der Waals surface area contributed by atoms with Gasteiger partial charge in [0.25, 0.3) is 5.91 Å². The molecule has 1 aromatic heterocycles. The van der Waals surface area contributed by atoms with E-state index in [1.807, 2.05) is 38.1 Å². The van der Waals surface area contributed by atoms with E-state index in [0.29, 0.717) is 24.7 Å². The van der Waals surface area contributed by atoms with E-state index in [1.54, 1.807) is 9.58 Å². The Morgan fingerprint density at radius 1 is 1.36 bits per heavy atom. The number of amides is 3. The topological polar surface area (TPSA) is 70.5 Å². The summed E-state index contributed by atoms with van der Waals surface area (Å²) in [5.41, 5.74) is 0. The molecule has 138 valence electrons. The normalized spacial score (nSPS) is 21.4. The fraction of sp³-hybridized carbons (Fsp3) is 0.722. The van der Waals surface area contributed by atoms with E-state index in [1.165, 1.54) is 19.3 Å². The monoisotopic (exact) mass is 347 g/mol. The summed E-state index contributed by atoms with van der Waals surface area (Å²) in [5.74, 6) is 1.20. The van der Waals surface area contributed by atoms with Crippen molar-refractivity contribution in [2.24, 2.45) is 13.0 Å². The summed E-state index contributed by atoms with van der Waals surface area (Å²) in [6.45, 7) is 5.49. The lowest BCUT2D eigenvalue weighted by Crippen LogP contribution is -2.57. The van der Waals surface area contributed by atoms with E-state index >= 15 is 0 Å². The van der Waals surface area contributed by atoms with Crippen LogP contribution >= 0.6 is 0 Å². The van der Waals surface area contributed by atoms with Gasteiger partial charge in [-0.25, -0.2) is 4.79 Å². The van der Waals surface area contributed by atoms with E-state index in [-0.39, 0.29) is 18.0 Å². The first kappa shape index (κ1) is 17.8. The SMILES string of the molecule is CC(C)N(CC1CCC1)C(=O)N[C@H]1CCCN(c2ccn(C)n2)C1=O. The highest BCUT2D eigenvalue weighted by Gasteiger charge is 2.34. The molecule has 2 heterocycles. The summed E-state index contributed by atoms with van der Waals surface area (Å²) in [7, 11) is 1.83. The highest BCUT2D eigenvalue weighted by atomic mass is 16.2. The van der Waals surface area contributed by atoms with Crippen LogP contribution in [0.3, 0.4) is 0 Å². The number of carbonyl (C=O) groups is 2. The smallest absolute Gasteiger partial charge is 0.318 e. The molecule has 3 rings (SSSR count). The Morgan fingerprint density at radius 2 is 2.12 bits per heavy atom. The van der Waals surface area contributed by atoms with Gasteiger partial charge in [0.1, 0.15) is 6.04 Å². The summed E-state index contributed by atoms with van der Waals surface area (Å²) < 4.78 is 1.68. The van der Waals surface area contributed by atoms with Crippen LogP contribution in [-0.2, 0) is 11.8 Å². The van der Waals surface area contributed by atoms with Gasteiger partial charge in [0.15, 0.2) is 5.82 Å². The molecule has 1 N–H and O–H groups in total. The van der Waals surface area contributed by atoms with E-state index in [4.69, 9.17) is 0 Å². The van der Waals surface area contributed by atoms with Crippen molar-refractivity contribution < 1.29 is 9.59 Å². The number of carbonyl (C=O) groups excluding carboxylic acids is 2. The van der Waals surface area contributed by atoms with Gasteiger partial charge in [0.05, 0.1) is 0 Å². The Balaban J connectivity index is 1.63. The molecule has 1 saturated heterocycles. The molecule has 0 unspecified atom stereocenters. The van der Waals surface area contributed by atoms with Gasteiger partial charge in [0.2, 0.25) is 0 Å². The van der Waals surface area contributed by atoms with Crippen LogP contribution in [0.4, 0.5) is 10.6 Å². The number of piperidine rings is 1. The molecule has 3 amide bonds. The number of nitrogens with one attached hydrogen (secondary N) is 1. The molecule has 1 aromatic rings. The minimum Gasteiger partial charge on any atom is -0.326 e. The Morgan fingerprint density at radius 3 is 2.68 bits per heavy atom. The molecule has 1 saturated carbocycles. The third-order valence-electron chi connectivity index (χ3n) is 5.28. The van der Waals surface area contributed by atoms with Crippen molar-refractivity contribution in [3.8, 4) is 0 Å². The van der Waals surface area contributed by atoms with Gasteiger partial charge in [-0.2, -0.15) is 5.10 Å². The van der Waals surface area contributed by atoms with Gasteiger partial charge in [0, 0.05) is 38.4 Å². The molecular formula is C18H29N5O2. The molecule has 0 radical (unpaired) electrons. The molecule has 2 fully saturated rings. The molecule has 1 aliphatic carbocycles. The minimum atomic E-state index is -0.467. The molecule has 7 heteroatoms. The Bertz CT molecular complexity index is 623. The molecule has 1 aliphatic heterocycles. The first-order valence-electron chi connectivity index (χ1n) is 9.34. The van der Waals surface area contributed by atoms with Crippen molar-refractivity contribution in [2.75, 3.05) is 18.0 Å². The van der Waals surface area contributed by atoms with E-state index in [0.717, 1.165) is 13.0 Å². The zero-order chi connectivity index (χ0) is 18.0. The van der Waals surface area contributed by atoms with Crippen molar-refractivity contribution in [1.82, 2.24) is 20.0 Å². The van der Waals surface area contributed by atoms with Gasteiger partial charge >= 0.3 is 6.03 Å². The third-order valence-corrected chi connectivity index (χ3v) is 5.28. The van der Waals surface area contributed by atoms with Crippen LogP contribution in [0.15, 0.2) is 12.3 Å². The predicted octanol–water partition coefficient (Wildman–Crippen LogP) is 2.14. The fourth-order valence-electron chi connectivity index (χ4n) is 3.50. The minimum absolute atomic E-state index is 0.0642. The first-order chi connectivity index (χ1) is 12.0. The largest absolute Gasteiger partial charge is 0.326 e. The molecule has 1 atom stereocenters. The number of hydrogen-bond acceptors (Lipinski definition) is 3. The molecule has 0 aromatic carbocycles. The second kappa shape index (κ2) is 7.45. The molecule has 7 nitrogen and oxygen atoms in total. The highest BCUT2D eigenvalue weighted by molar-refractivity contribution is 5.99. The number of aromatic nitrogens is 2. The molecule has 0 bridgehead atoms. The van der Waals surface area contributed by atoms with Crippen molar-refractivity contribution in [3.63, 3.8) is 0 Å². The molecule has 0 spiro atoms. The average Bonchev–Trinajstić information content (AvgIpc) is 2.94. The third kappa shape index (κ3) is 3.96. The number of anilines is 1. The van der Waals surface area contributed by atoms with Gasteiger partial charge in [-0.15, -0.1) is 0 Å². The standard InChI is InChI=1S/C18H29N5O2/c1-13(2)23(12-14-6-4-7-14)18(25)19-15-8-5-10-22(17(15)24)16-9-11-21(3)20-16/h9,11,13-15H,4-8,10,12H2,1-3H3,(H,19,25)/t15-/m0/s1. The van der Waals surface area contributed by atoms with Crippen LogP contribution in [0.25, 0.3) is 0 Å². The van der Waals surface area contributed by atoms with Crippen molar-refractivity contribution in [3.05, 3.63) is 12.3 Å². The van der Waals surface area contributed by atoms with E-state index < -0.39 is 6.04 Å². The summed E-state index contributed by atoms with van der Waals surface area (Å²) >= 11 is 0. The van der Waals surface area contributed by atoms with Gasteiger partial charge in [-0.1, -0.05) is 6.42 Å². The number of aryl methyl sites for hydroxylation is 1. The van der Waals surface area contributed by atoms with Gasteiger partial charge < -0.3 is 10.2 Å². The zero-order valence-corrected chi connectivity index (χ0v) is 15.4. The maximum atomic E-state index is 12.8. The number of rotatable bonds is 5. The lowest BCUT2D eigenvalue weighted by Gasteiger charge is -2.37. The number of hydrogen-bond donors (Lipinski definition) is 1. The van der Waals surface area contributed by atoms with Crippen LogP contribution in [0.2, 0.25) is 0 Å². The Kier molecular flexibility index (Phi) is 5.30. The number of urea groups is 1. The maximum Gasteiger partial charge on any atom is 0.318 e. The fourth-order valence-corrected chi connectivity index (χ4v) is 3.50. The zero-order valence-electron chi connectivity index (χ0n) is 15.4. The lowest BCUT2D eigenvalue weighted by molar-refractivity contribution is -0.121. The van der Waals surface area contributed by atoms with Crippen LogP contribution in [-0.4, -0.2) is 51.8 Å². The lowest BCUT2D eigenvalue weighted by atomic mass is 9.85. The van der Waals surface area contributed by atoms with E-state index in [2.05, 4.69) is 10.4 Å². The van der Waals surface area contributed by atoms with E-state index in [9.17, 15) is 9.59 Å². The van der Waals surface area contributed by atoms with Crippen molar-refractivity contribution in [1.29, 1.82) is 0 Å². The predicted molar refractivity (Wildman–Crippen MR) is 96.3 cm³/mol. The van der Waals surface area contributed by atoms with Gasteiger partial charge in [-0.05, 0) is 45.4 Å². The maximum absolute atomic E-state index is 12.8. The Labute approximate surface area is 149 Å². The molecule has 25 heavy (non-hydrogen) atoms. The molecule has 2 aliphatic rings. The van der Waals surface area contributed by atoms with Crippen LogP contribution in [0.1, 0.15) is 46.0 Å². The summed E-state index contributed by atoms with van der Waals surface area (Å²) in [6, 6.07) is 1.37. The summed E-state index contributed by atoms with van der Waals surface area (Å²) in [5, 5.41) is 7.29. The second-order valence-corrected chi connectivity index (χ2v) is 7.52. The first-order valence-corrected chi connectivity index (χ1v) is 9.34. The molecular weight excluding hydrogens is 318 g/mol. The summed E-state index contributed by atoms with van der Waals surface area (Å²) in [4.78, 5) is 29.1. The average molecular weight is 347 g/mol. The van der Waals surface area contributed by atoms with Crippen LogP contribution in [0.5, 0.6) is 0 Å². The van der Waals surface area contributed by atoms with Crippen molar-refractivity contribution >= 4 is 17.8 Å². The van der Waals surface area contributed by atoms with Crippen molar-refractivity contribution in [2.45, 2.75) is 58.0 Å². The summed E-state index contributed by atoms with van der Waals surface area (Å²) in [6.07, 6.45) is 7.03. The second-order valence-electron chi connectivity index (χ2n) is 7.52. The van der Waals surface area contributed by atoms with Crippen LogP contribution in [0, 0.1) is 5.92 Å². The van der Waals surface area contributed by atoms with Gasteiger partial charge in [-0.3, -0.25) is 14.4 Å². The quantitative estimate of drug-likeness (QED) is 0.887. The number of nitrogens with zero attached hydrogens (tertiary/aromatic N) is 4. The Hall–Kier alpha value is -2.05. The van der Waals surface area contributed by atoms with Crippen LogP contribution < -0.4 is 10.2 Å². The highest BCUT2D eigenvalue weighted by Crippen LogP contribution is 2.28.